The third kappa shape index (κ3) is 4.34. The van der Waals surface area contributed by atoms with Gasteiger partial charge in [0.2, 0.25) is 0 Å². The zero-order valence-electron chi connectivity index (χ0n) is 20.6. The number of carbonyl (C=O) groups excluding carboxylic acids is 2. The Morgan fingerprint density at radius 1 is 0.919 bits per heavy atom. The van der Waals surface area contributed by atoms with E-state index in [1.807, 2.05) is 36.4 Å². The van der Waals surface area contributed by atoms with Crippen molar-refractivity contribution >= 4 is 49.7 Å². The summed E-state index contributed by atoms with van der Waals surface area (Å²) in [5, 5.41) is 4.57. The van der Waals surface area contributed by atoms with Crippen molar-refractivity contribution in [3.63, 3.8) is 0 Å². The van der Waals surface area contributed by atoms with Crippen LogP contribution >= 0.6 is 0 Å². The molecule has 0 saturated carbocycles. The van der Waals surface area contributed by atoms with Crippen LogP contribution in [0.2, 0.25) is 0 Å². The van der Waals surface area contributed by atoms with Crippen molar-refractivity contribution in [2.24, 2.45) is 0 Å². The molecule has 8 heteroatoms. The molecule has 0 aliphatic carbocycles. The maximum atomic E-state index is 13.1. The van der Waals surface area contributed by atoms with Gasteiger partial charge in [-0.1, -0.05) is 43.7 Å². The lowest BCUT2D eigenvalue weighted by Gasteiger charge is -2.19. The number of carbonyl (C=O) groups is 2. The predicted octanol–water partition coefficient (Wildman–Crippen LogP) is 5.68. The smallest absolute Gasteiger partial charge is 0.264 e. The molecule has 0 radical (unpaired) electrons. The highest BCUT2D eigenvalue weighted by Gasteiger charge is 2.30. The fourth-order valence-electron chi connectivity index (χ4n) is 4.60. The second kappa shape index (κ2) is 9.71. The zero-order valence-corrected chi connectivity index (χ0v) is 21.5. The molecule has 7 nitrogen and oxygen atoms in total. The molecule has 0 bridgehead atoms. The van der Waals surface area contributed by atoms with E-state index in [4.69, 9.17) is 0 Å². The van der Waals surface area contributed by atoms with Gasteiger partial charge >= 0.3 is 0 Å². The molecular formula is C29H27N3O4S. The Morgan fingerprint density at radius 3 is 2.35 bits per heavy atom. The summed E-state index contributed by atoms with van der Waals surface area (Å²) in [5.74, 6) is -0.386. The van der Waals surface area contributed by atoms with Crippen LogP contribution in [-0.2, 0) is 10.0 Å². The number of rotatable bonds is 8. The van der Waals surface area contributed by atoms with E-state index in [9.17, 15) is 18.0 Å². The minimum Gasteiger partial charge on any atom is -0.321 e. The molecule has 4 aromatic carbocycles. The molecule has 1 aliphatic heterocycles. The molecule has 2 amide bonds. The van der Waals surface area contributed by atoms with Crippen LogP contribution in [0.3, 0.4) is 0 Å². The van der Waals surface area contributed by atoms with Gasteiger partial charge in [0.05, 0.1) is 16.3 Å². The van der Waals surface area contributed by atoms with Gasteiger partial charge in [0, 0.05) is 41.2 Å². The van der Waals surface area contributed by atoms with E-state index >= 15 is 0 Å². The van der Waals surface area contributed by atoms with Crippen LogP contribution in [0.1, 0.15) is 40.5 Å². The first-order valence-corrected chi connectivity index (χ1v) is 13.6. The summed E-state index contributed by atoms with van der Waals surface area (Å²) in [6.45, 7) is 2.74. The van der Waals surface area contributed by atoms with Crippen molar-refractivity contribution in [2.75, 3.05) is 28.1 Å². The van der Waals surface area contributed by atoms with Crippen LogP contribution in [-0.4, -0.2) is 33.8 Å². The molecule has 1 heterocycles. The van der Waals surface area contributed by atoms with Gasteiger partial charge in [-0.2, -0.15) is 0 Å². The van der Waals surface area contributed by atoms with Gasteiger partial charge in [-0.05, 0) is 61.0 Å². The van der Waals surface area contributed by atoms with Gasteiger partial charge in [-0.15, -0.1) is 0 Å². The number of nitrogens with one attached hydrogen (secondary N) is 1. The third-order valence-electron chi connectivity index (χ3n) is 6.66. The highest BCUT2D eigenvalue weighted by atomic mass is 32.2. The van der Waals surface area contributed by atoms with Crippen LogP contribution in [0.5, 0.6) is 0 Å². The number of benzene rings is 4. The molecule has 4 aromatic rings. The topological polar surface area (TPSA) is 86.8 Å². The standard InChI is InChI=1S/C29H27N3O4S/c1-3-4-19-32-26-18-17-25(23-11-8-12-24(27(23)26)29(32)34)30-28(33)20-13-15-22(16-14-20)37(35,36)31(2)21-9-6-5-7-10-21/h5-18H,3-4,19H2,1-2H3,(H,30,33). The Bertz CT molecular complexity index is 1600. The summed E-state index contributed by atoms with van der Waals surface area (Å²) in [5.41, 5.74) is 2.96. The largest absolute Gasteiger partial charge is 0.321 e. The van der Waals surface area contributed by atoms with Gasteiger partial charge in [0.15, 0.2) is 0 Å². The van der Waals surface area contributed by atoms with Crippen molar-refractivity contribution in [1.82, 2.24) is 0 Å². The molecule has 1 aliphatic rings. The Kier molecular flexibility index (Phi) is 6.43. The first kappa shape index (κ1) is 24.5. The highest BCUT2D eigenvalue weighted by molar-refractivity contribution is 7.92. The first-order chi connectivity index (χ1) is 17.8. The highest BCUT2D eigenvalue weighted by Crippen LogP contribution is 2.40. The van der Waals surface area contributed by atoms with Crippen molar-refractivity contribution in [2.45, 2.75) is 24.7 Å². The molecular weight excluding hydrogens is 486 g/mol. The maximum Gasteiger partial charge on any atom is 0.264 e. The van der Waals surface area contributed by atoms with E-state index in [2.05, 4.69) is 12.2 Å². The monoisotopic (exact) mass is 513 g/mol. The van der Waals surface area contributed by atoms with Crippen molar-refractivity contribution in [3.8, 4) is 0 Å². The van der Waals surface area contributed by atoms with Gasteiger partial charge in [-0.25, -0.2) is 8.42 Å². The van der Waals surface area contributed by atoms with E-state index in [1.54, 1.807) is 29.2 Å². The normalized spacial score (nSPS) is 12.7. The number of nitrogens with zero attached hydrogens (tertiary/aromatic N) is 2. The molecule has 0 fully saturated rings. The molecule has 0 atom stereocenters. The summed E-state index contributed by atoms with van der Waals surface area (Å²) in [6, 6.07) is 23.9. The number of anilines is 3. The lowest BCUT2D eigenvalue weighted by molar-refractivity contribution is 0.0991. The lowest BCUT2D eigenvalue weighted by atomic mass is 10.0. The summed E-state index contributed by atoms with van der Waals surface area (Å²) in [7, 11) is -2.28. The second-order valence-electron chi connectivity index (χ2n) is 8.96. The fourth-order valence-corrected chi connectivity index (χ4v) is 5.80. The molecule has 188 valence electrons. The Balaban J connectivity index is 1.39. The first-order valence-electron chi connectivity index (χ1n) is 12.2. The number of unbranched alkanes of at least 4 members (excludes halogenated alkanes) is 1. The van der Waals surface area contributed by atoms with E-state index in [1.165, 1.54) is 35.6 Å². The summed E-state index contributed by atoms with van der Waals surface area (Å²) in [4.78, 5) is 28.0. The molecule has 37 heavy (non-hydrogen) atoms. The molecule has 0 aromatic heterocycles. The average Bonchev–Trinajstić information content (AvgIpc) is 3.20. The van der Waals surface area contributed by atoms with Gasteiger partial charge in [0.1, 0.15) is 0 Å². The minimum atomic E-state index is -3.78. The predicted molar refractivity (Wildman–Crippen MR) is 147 cm³/mol. The number of hydrogen-bond acceptors (Lipinski definition) is 4. The van der Waals surface area contributed by atoms with E-state index < -0.39 is 10.0 Å². The molecule has 1 N–H and O–H groups in total. The summed E-state index contributed by atoms with van der Waals surface area (Å²) in [6.07, 6.45) is 1.90. The Morgan fingerprint density at radius 2 is 1.65 bits per heavy atom. The second-order valence-corrected chi connectivity index (χ2v) is 10.9. The third-order valence-corrected chi connectivity index (χ3v) is 8.46. The minimum absolute atomic E-state index is 0.0187. The molecule has 0 unspecified atom stereocenters. The van der Waals surface area contributed by atoms with Gasteiger partial charge < -0.3 is 10.2 Å². The van der Waals surface area contributed by atoms with Crippen LogP contribution in [0.25, 0.3) is 10.8 Å². The van der Waals surface area contributed by atoms with E-state index in [0.29, 0.717) is 29.0 Å². The number of amides is 2. The quantitative estimate of drug-likeness (QED) is 0.329. The molecule has 5 rings (SSSR count). The zero-order chi connectivity index (χ0) is 26.2. The van der Waals surface area contributed by atoms with Crippen LogP contribution in [0.15, 0.2) is 89.8 Å². The number of hydrogen-bond donors (Lipinski definition) is 1. The Labute approximate surface area is 216 Å². The molecule has 0 saturated heterocycles. The van der Waals surface area contributed by atoms with Crippen LogP contribution in [0.4, 0.5) is 17.1 Å². The van der Waals surface area contributed by atoms with E-state index in [0.717, 1.165) is 29.3 Å². The lowest BCUT2D eigenvalue weighted by Crippen LogP contribution is -2.27. The van der Waals surface area contributed by atoms with Crippen LogP contribution in [0, 0.1) is 0 Å². The van der Waals surface area contributed by atoms with Crippen molar-refractivity contribution in [1.29, 1.82) is 0 Å². The number of sulfonamides is 1. The SMILES string of the molecule is CCCCN1C(=O)c2cccc3c(NC(=O)c4ccc(S(=O)(=O)N(C)c5ccccc5)cc4)ccc1c23. The van der Waals surface area contributed by atoms with Crippen molar-refractivity contribution < 1.29 is 18.0 Å². The summed E-state index contributed by atoms with van der Waals surface area (Å²) < 4.78 is 27.3. The maximum absolute atomic E-state index is 13.1. The Hall–Kier alpha value is -4.17. The molecule has 0 spiro atoms. The van der Waals surface area contributed by atoms with Crippen LogP contribution < -0.4 is 14.5 Å². The van der Waals surface area contributed by atoms with Gasteiger partial charge in [-0.3, -0.25) is 13.9 Å². The average molecular weight is 514 g/mol. The van der Waals surface area contributed by atoms with E-state index in [-0.39, 0.29) is 16.7 Å². The van der Waals surface area contributed by atoms with Gasteiger partial charge in [0.25, 0.3) is 21.8 Å². The van der Waals surface area contributed by atoms with Crippen molar-refractivity contribution in [3.05, 3.63) is 96.1 Å². The fraction of sp³-hybridized carbons (Fsp3) is 0.172. The number of para-hydroxylation sites is 1. The summed E-state index contributed by atoms with van der Waals surface area (Å²) >= 11 is 0.